The number of sulfonamides is 1. The molecule has 2 saturated heterocycles. The van der Waals surface area contributed by atoms with Gasteiger partial charge in [0.1, 0.15) is 6.29 Å². The largest absolute Gasteiger partial charge is 0.317 e. The maximum absolute atomic E-state index is 13.0. The third kappa shape index (κ3) is 4.56. The molecule has 26 heavy (non-hydrogen) atoms. The van der Waals surface area contributed by atoms with Gasteiger partial charge >= 0.3 is 0 Å². The molecule has 0 aromatic heterocycles. The van der Waals surface area contributed by atoms with Crippen LogP contribution in [0.5, 0.6) is 0 Å². The Balaban J connectivity index is 1.72. The summed E-state index contributed by atoms with van der Waals surface area (Å²) < 4.78 is 25.1. The lowest BCUT2D eigenvalue weighted by Gasteiger charge is -2.48. The summed E-state index contributed by atoms with van der Waals surface area (Å²) >= 11 is 0. The molecule has 9 heteroatoms. The predicted octanol–water partition coefficient (Wildman–Crippen LogP) is -0.599. The van der Waals surface area contributed by atoms with Crippen LogP contribution in [-0.2, 0) is 14.8 Å². The first-order chi connectivity index (χ1) is 12.4. The zero-order valence-electron chi connectivity index (χ0n) is 16.1. The van der Waals surface area contributed by atoms with E-state index in [-0.39, 0.29) is 18.1 Å². The van der Waals surface area contributed by atoms with Crippen molar-refractivity contribution in [2.24, 2.45) is 5.92 Å². The van der Waals surface area contributed by atoms with Gasteiger partial charge in [-0.2, -0.15) is 4.31 Å². The van der Waals surface area contributed by atoms with Crippen LogP contribution in [0.3, 0.4) is 0 Å². The lowest BCUT2D eigenvalue weighted by molar-refractivity contribution is -0.151. The first-order valence-electron chi connectivity index (χ1n) is 9.78. The van der Waals surface area contributed by atoms with E-state index in [4.69, 9.17) is 0 Å². The number of carbonyl (C=O) groups excluding carboxylic acids is 1. The number of carbonyl (C=O) groups is 1. The van der Waals surface area contributed by atoms with Crippen LogP contribution in [0.1, 0.15) is 25.7 Å². The van der Waals surface area contributed by atoms with Crippen LogP contribution >= 0.6 is 0 Å². The number of hydrogen-bond donors (Lipinski definition) is 1. The van der Waals surface area contributed by atoms with Crippen LogP contribution in [0.25, 0.3) is 0 Å². The van der Waals surface area contributed by atoms with E-state index in [0.29, 0.717) is 26.2 Å². The normalized spacial score (nSPS) is 26.1. The van der Waals surface area contributed by atoms with Gasteiger partial charge in [-0.05, 0) is 12.8 Å². The molecule has 3 rings (SSSR count). The fourth-order valence-electron chi connectivity index (χ4n) is 4.47. The molecule has 0 spiro atoms. The third-order valence-corrected chi connectivity index (χ3v) is 7.25. The van der Waals surface area contributed by atoms with Crippen molar-refractivity contribution >= 4 is 15.9 Å². The van der Waals surface area contributed by atoms with Crippen LogP contribution in [0, 0.1) is 5.92 Å². The average molecular weight is 388 g/mol. The monoisotopic (exact) mass is 387 g/mol. The van der Waals surface area contributed by atoms with Crippen molar-refractivity contribution in [3.8, 4) is 0 Å². The highest BCUT2D eigenvalue weighted by Gasteiger charge is 2.37. The number of hydrogen-bond acceptors (Lipinski definition) is 6. The average Bonchev–Trinajstić information content (AvgIpc) is 3.16. The number of piperazine rings is 2. The second kappa shape index (κ2) is 8.52. The van der Waals surface area contributed by atoms with Crippen molar-refractivity contribution in [2.45, 2.75) is 32.0 Å². The summed E-state index contributed by atoms with van der Waals surface area (Å²) in [5.74, 6) is 0.402. The molecule has 0 bridgehead atoms. The van der Waals surface area contributed by atoms with Crippen LogP contribution in [0.15, 0.2) is 0 Å². The van der Waals surface area contributed by atoms with Crippen LogP contribution in [0.2, 0.25) is 0 Å². The molecule has 0 aromatic rings. The quantitative estimate of drug-likeness (QED) is 0.679. The number of nitrogens with zero attached hydrogens (tertiary/aromatic N) is 4. The molecule has 2 aliphatic heterocycles. The fraction of sp³-hybridized carbons (Fsp3) is 0.941. The summed E-state index contributed by atoms with van der Waals surface area (Å²) in [6.07, 6.45) is 5.49. The SMILES string of the molecule is CN(C(=O)C1CCCC1)C(N1CCNCC1)N1CCN(S(C)(=O)=O)CC1. The minimum atomic E-state index is -3.15. The Bertz CT molecular complexity index is 579. The topological polar surface area (TPSA) is 76.2 Å². The molecule has 1 aliphatic carbocycles. The molecule has 3 fully saturated rings. The van der Waals surface area contributed by atoms with E-state index in [0.717, 1.165) is 51.9 Å². The van der Waals surface area contributed by atoms with Crippen molar-refractivity contribution in [1.82, 2.24) is 24.3 Å². The van der Waals surface area contributed by atoms with E-state index < -0.39 is 10.0 Å². The lowest BCUT2D eigenvalue weighted by Crippen LogP contribution is -2.66. The van der Waals surface area contributed by atoms with Crippen molar-refractivity contribution < 1.29 is 13.2 Å². The van der Waals surface area contributed by atoms with E-state index in [1.165, 1.54) is 10.6 Å². The minimum absolute atomic E-state index is 0.0769. The van der Waals surface area contributed by atoms with Gasteiger partial charge in [0, 0.05) is 65.3 Å². The maximum Gasteiger partial charge on any atom is 0.227 e. The molecule has 1 unspecified atom stereocenters. The van der Waals surface area contributed by atoms with E-state index in [9.17, 15) is 13.2 Å². The van der Waals surface area contributed by atoms with Gasteiger partial charge in [0.25, 0.3) is 0 Å². The van der Waals surface area contributed by atoms with E-state index in [2.05, 4.69) is 15.1 Å². The van der Waals surface area contributed by atoms with Gasteiger partial charge in [-0.3, -0.25) is 14.6 Å². The van der Waals surface area contributed by atoms with Gasteiger partial charge in [-0.1, -0.05) is 12.8 Å². The lowest BCUT2D eigenvalue weighted by atomic mass is 10.1. The Hall–Kier alpha value is -0.740. The molecule has 1 amide bonds. The predicted molar refractivity (Wildman–Crippen MR) is 101 cm³/mol. The Morgan fingerprint density at radius 1 is 1.00 bits per heavy atom. The molecule has 1 atom stereocenters. The molecule has 1 saturated carbocycles. The molecular formula is C17H33N5O3S. The van der Waals surface area contributed by atoms with Crippen molar-refractivity contribution in [3.63, 3.8) is 0 Å². The Kier molecular flexibility index (Phi) is 6.55. The number of rotatable bonds is 5. The summed E-state index contributed by atoms with van der Waals surface area (Å²) in [5.41, 5.74) is 0. The van der Waals surface area contributed by atoms with Crippen LogP contribution in [0.4, 0.5) is 0 Å². The maximum atomic E-state index is 13.0. The fourth-order valence-corrected chi connectivity index (χ4v) is 5.30. The smallest absolute Gasteiger partial charge is 0.227 e. The Labute approximate surface area is 157 Å². The third-order valence-electron chi connectivity index (χ3n) is 5.95. The van der Waals surface area contributed by atoms with Gasteiger partial charge in [0.2, 0.25) is 15.9 Å². The second-order valence-corrected chi connectivity index (χ2v) is 9.74. The van der Waals surface area contributed by atoms with E-state index in [1.807, 2.05) is 11.9 Å². The standard InChI is InChI=1S/C17H33N5O3S/c1-19(16(23)15-5-3-4-6-15)17(20-9-7-18-8-10-20)21-11-13-22(14-12-21)26(2,24)25/h15,17-18H,3-14H2,1-2H3. The Morgan fingerprint density at radius 3 is 2.08 bits per heavy atom. The molecule has 0 aromatic carbocycles. The first-order valence-corrected chi connectivity index (χ1v) is 11.6. The Morgan fingerprint density at radius 2 is 1.54 bits per heavy atom. The van der Waals surface area contributed by atoms with Gasteiger partial charge in [-0.25, -0.2) is 8.42 Å². The van der Waals surface area contributed by atoms with Crippen LogP contribution in [-0.4, -0.2) is 105 Å². The number of amides is 1. The highest BCUT2D eigenvalue weighted by Crippen LogP contribution is 2.28. The summed E-state index contributed by atoms with van der Waals surface area (Å²) in [5, 5.41) is 3.37. The molecule has 150 valence electrons. The summed E-state index contributed by atoms with van der Waals surface area (Å²) in [6, 6.07) is 0. The van der Waals surface area contributed by atoms with Crippen molar-refractivity contribution in [2.75, 3.05) is 65.7 Å². The van der Waals surface area contributed by atoms with Gasteiger partial charge in [0.05, 0.1) is 6.26 Å². The van der Waals surface area contributed by atoms with Gasteiger partial charge in [0.15, 0.2) is 0 Å². The van der Waals surface area contributed by atoms with Crippen molar-refractivity contribution in [1.29, 1.82) is 0 Å². The molecular weight excluding hydrogens is 354 g/mol. The molecule has 0 radical (unpaired) electrons. The zero-order valence-corrected chi connectivity index (χ0v) is 16.9. The van der Waals surface area contributed by atoms with E-state index in [1.54, 1.807) is 0 Å². The molecule has 1 N–H and O–H groups in total. The summed E-state index contributed by atoms with van der Waals surface area (Å²) in [4.78, 5) is 19.6. The van der Waals surface area contributed by atoms with Gasteiger partial charge in [-0.15, -0.1) is 0 Å². The highest BCUT2D eigenvalue weighted by molar-refractivity contribution is 7.88. The summed E-state index contributed by atoms with van der Waals surface area (Å²) in [6.45, 7) is 5.95. The molecule has 8 nitrogen and oxygen atoms in total. The second-order valence-electron chi connectivity index (χ2n) is 7.76. The number of nitrogens with one attached hydrogen (secondary N) is 1. The van der Waals surface area contributed by atoms with E-state index >= 15 is 0 Å². The van der Waals surface area contributed by atoms with Crippen molar-refractivity contribution in [3.05, 3.63) is 0 Å². The minimum Gasteiger partial charge on any atom is -0.317 e. The first kappa shape index (κ1) is 20.0. The summed E-state index contributed by atoms with van der Waals surface area (Å²) in [7, 11) is -1.22. The van der Waals surface area contributed by atoms with Gasteiger partial charge < -0.3 is 10.2 Å². The zero-order chi connectivity index (χ0) is 18.7. The van der Waals surface area contributed by atoms with Crippen LogP contribution < -0.4 is 5.32 Å². The molecule has 2 heterocycles. The highest BCUT2D eigenvalue weighted by atomic mass is 32.2. The molecule has 3 aliphatic rings.